The summed E-state index contributed by atoms with van der Waals surface area (Å²) in [4.78, 5) is 35.4. The van der Waals surface area contributed by atoms with Gasteiger partial charge in [-0.15, -0.1) is 11.8 Å². The van der Waals surface area contributed by atoms with Gasteiger partial charge in [0.05, 0.1) is 39.1 Å². The third kappa shape index (κ3) is 7.20. The molecule has 0 bridgehead atoms. The van der Waals surface area contributed by atoms with E-state index in [9.17, 15) is 14.4 Å². The molecule has 38 heavy (non-hydrogen) atoms. The average molecular weight is 548 g/mol. The van der Waals surface area contributed by atoms with Crippen LogP contribution in [0.25, 0.3) is 11.1 Å². The lowest BCUT2D eigenvalue weighted by molar-refractivity contribution is -0.143. The maximum absolute atomic E-state index is 13.0. The number of benzene rings is 1. The zero-order valence-electron chi connectivity index (χ0n) is 22.8. The van der Waals surface area contributed by atoms with Gasteiger partial charge in [0, 0.05) is 11.6 Å². The fraction of sp³-hybridized carbons (Fsp3) is 0.464. The van der Waals surface area contributed by atoms with Crippen LogP contribution in [0.3, 0.4) is 0 Å². The number of ether oxygens (including phenoxy) is 3. The van der Waals surface area contributed by atoms with Crippen molar-refractivity contribution < 1.29 is 34.0 Å². The first kappa shape index (κ1) is 31.0. The highest BCUT2D eigenvalue weighted by atomic mass is 32.2. The minimum atomic E-state index is -1.08. The number of nitrogens with zero attached hydrogens (tertiary/aromatic N) is 1. The molecular formula is C28H37NO8S. The molecule has 0 saturated carbocycles. The molecule has 0 heterocycles. The summed E-state index contributed by atoms with van der Waals surface area (Å²) in [6.07, 6.45) is 3.12. The summed E-state index contributed by atoms with van der Waals surface area (Å²) >= 11 is 1.48. The summed E-state index contributed by atoms with van der Waals surface area (Å²) in [5, 5.41) is 15.8. The number of carboxylic acid groups (broad SMARTS) is 2. The number of rotatable bonds is 10. The fourth-order valence-electron chi connectivity index (χ4n) is 4.70. The van der Waals surface area contributed by atoms with Crippen molar-refractivity contribution in [1.29, 1.82) is 0 Å². The number of thioether (sulfide) groups is 1. The molecular weight excluding hydrogens is 510 g/mol. The molecule has 10 heteroatoms. The Morgan fingerprint density at radius 3 is 2.05 bits per heavy atom. The molecule has 2 N–H and O–H groups in total. The highest BCUT2D eigenvalue weighted by molar-refractivity contribution is 7.98. The van der Waals surface area contributed by atoms with Gasteiger partial charge in [-0.1, -0.05) is 19.9 Å². The van der Waals surface area contributed by atoms with E-state index in [1.165, 1.54) is 11.8 Å². The van der Waals surface area contributed by atoms with Crippen molar-refractivity contribution in [2.75, 3.05) is 40.7 Å². The van der Waals surface area contributed by atoms with Crippen LogP contribution in [0.2, 0.25) is 0 Å². The number of aryl methyl sites for hydroxylation is 1. The lowest BCUT2D eigenvalue weighted by Crippen LogP contribution is -2.29. The van der Waals surface area contributed by atoms with Crippen LogP contribution in [0, 0.1) is 0 Å². The predicted octanol–water partition coefficient (Wildman–Crippen LogP) is 4.73. The second-order valence-corrected chi connectivity index (χ2v) is 9.37. The van der Waals surface area contributed by atoms with E-state index in [2.05, 4.69) is 24.8 Å². The molecule has 0 fully saturated rings. The third-order valence-corrected chi connectivity index (χ3v) is 7.27. The molecule has 1 aliphatic rings. The molecule has 0 radical (unpaired) electrons. The van der Waals surface area contributed by atoms with E-state index in [1.54, 1.807) is 21.3 Å². The van der Waals surface area contributed by atoms with E-state index in [4.69, 9.17) is 24.4 Å². The topological polar surface area (TPSA) is 123 Å². The zero-order valence-corrected chi connectivity index (χ0v) is 23.6. The van der Waals surface area contributed by atoms with Crippen LogP contribution in [0.1, 0.15) is 50.3 Å². The van der Waals surface area contributed by atoms with Crippen molar-refractivity contribution in [2.45, 2.75) is 50.5 Å². The zero-order chi connectivity index (χ0) is 28.4. The molecule has 0 unspecified atom stereocenters. The Kier molecular flexibility index (Phi) is 11.9. The van der Waals surface area contributed by atoms with Crippen LogP contribution in [0.15, 0.2) is 34.0 Å². The molecule has 2 aromatic rings. The summed E-state index contributed by atoms with van der Waals surface area (Å²) in [6.45, 7) is 6.18. The molecule has 1 atom stereocenters. The van der Waals surface area contributed by atoms with Gasteiger partial charge in [-0.3, -0.25) is 19.3 Å². The molecule has 0 saturated heterocycles. The van der Waals surface area contributed by atoms with Crippen LogP contribution in [0.4, 0.5) is 0 Å². The van der Waals surface area contributed by atoms with Crippen molar-refractivity contribution in [3.8, 4) is 28.4 Å². The van der Waals surface area contributed by atoms with Gasteiger partial charge in [0.25, 0.3) is 0 Å². The van der Waals surface area contributed by atoms with Gasteiger partial charge < -0.3 is 24.4 Å². The van der Waals surface area contributed by atoms with Gasteiger partial charge in [-0.05, 0) is 67.1 Å². The molecule has 0 aromatic heterocycles. The van der Waals surface area contributed by atoms with Crippen molar-refractivity contribution in [1.82, 2.24) is 4.90 Å². The van der Waals surface area contributed by atoms with E-state index < -0.39 is 11.9 Å². The Balaban J connectivity index is 0.000000550. The van der Waals surface area contributed by atoms with Gasteiger partial charge in [-0.2, -0.15) is 0 Å². The smallest absolute Gasteiger partial charge is 0.303 e. The minimum absolute atomic E-state index is 0.0591. The van der Waals surface area contributed by atoms with E-state index >= 15 is 0 Å². The number of aliphatic carboxylic acids is 2. The minimum Gasteiger partial charge on any atom is -0.493 e. The van der Waals surface area contributed by atoms with Crippen molar-refractivity contribution in [3.05, 3.63) is 45.6 Å². The summed E-state index contributed by atoms with van der Waals surface area (Å²) in [5.41, 5.74) is 4.26. The number of fused-ring (bicyclic) bond motifs is 3. The highest BCUT2D eigenvalue weighted by Gasteiger charge is 2.30. The number of carboxylic acids is 2. The van der Waals surface area contributed by atoms with Crippen LogP contribution in [-0.4, -0.2) is 67.7 Å². The summed E-state index contributed by atoms with van der Waals surface area (Å²) in [7, 11) is 4.91. The molecule has 9 nitrogen and oxygen atoms in total. The summed E-state index contributed by atoms with van der Waals surface area (Å²) in [6, 6.07) is 8.02. The molecule has 3 rings (SSSR count). The maximum Gasteiger partial charge on any atom is 0.303 e. The molecule has 0 spiro atoms. The second-order valence-electron chi connectivity index (χ2n) is 8.52. The quantitative estimate of drug-likeness (QED) is 0.404. The fourth-order valence-corrected chi connectivity index (χ4v) is 5.17. The Labute approximate surface area is 227 Å². The molecule has 0 aliphatic heterocycles. The van der Waals surface area contributed by atoms with Crippen molar-refractivity contribution in [3.63, 3.8) is 0 Å². The van der Waals surface area contributed by atoms with Gasteiger partial charge >= 0.3 is 11.9 Å². The largest absolute Gasteiger partial charge is 0.493 e. The van der Waals surface area contributed by atoms with Gasteiger partial charge in [0.2, 0.25) is 5.75 Å². The lowest BCUT2D eigenvalue weighted by atomic mass is 9.95. The van der Waals surface area contributed by atoms with E-state index in [-0.39, 0.29) is 24.3 Å². The Bertz CT molecular complexity index is 1180. The lowest BCUT2D eigenvalue weighted by Gasteiger charge is -2.29. The number of carbonyl (C=O) groups is 2. The monoisotopic (exact) mass is 547 g/mol. The van der Waals surface area contributed by atoms with E-state index in [1.807, 2.05) is 24.5 Å². The van der Waals surface area contributed by atoms with Crippen LogP contribution in [0.5, 0.6) is 17.2 Å². The van der Waals surface area contributed by atoms with E-state index in [0.717, 1.165) is 53.1 Å². The summed E-state index contributed by atoms with van der Waals surface area (Å²) < 4.78 is 17.1. The first-order valence-electron chi connectivity index (χ1n) is 12.4. The first-order chi connectivity index (χ1) is 18.2. The van der Waals surface area contributed by atoms with Gasteiger partial charge in [0.15, 0.2) is 16.9 Å². The molecule has 208 valence electrons. The predicted molar refractivity (Wildman–Crippen MR) is 148 cm³/mol. The molecule has 1 aliphatic carbocycles. The molecule has 2 aromatic carbocycles. The number of hydrogen-bond acceptors (Lipinski definition) is 8. The summed E-state index contributed by atoms with van der Waals surface area (Å²) in [5.74, 6) is -0.270. The third-order valence-electron chi connectivity index (χ3n) is 6.49. The molecule has 0 amide bonds. The van der Waals surface area contributed by atoms with Gasteiger partial charge in [-0.25, -0.2) is 0 Å². The number of hydrogen-bond donors (Lipinski definition) is 2. The second kappa shape index (κ2) is 14.6. The standard InChI is InChI=1S/C24H31NO4S.C4H6O4/c1-7-25(8-2)18-11-9-15-13-20(27-3)23(28-4)24(29-5)22(15)16-10-12-21(30-6)19(26)14-17(16)18;5-3(6)1-2-4(7)8/h10,12-14,18H,7-9,11H2,1-6H3;1-2H2,(H,5,6)(H,7,8)/t18-;/m0./s1. The van der Waals surface area contributed by atoms with E-state index in [0.29, 0.717) is 17.2 Å². The Morgan fingerprint density at radius 2 is 1.58 bits per heavy atom. The van der Waals surface area contributed by atoms with Gasteiger partial charge in [0.1, 0.15) is 0 Å². The maximum atomic E-state index is 13.0. The van der Waals surface area contributed by atoms with Crippen LogP contribution >= 0.6 is 11.8 Å². The van der Waals surface area contributed by atoms with Crippen LogP contribution in [-0.2, 0) is 16.0 Å². The van der Waals surface area contributed by atoms with Crippen LogP contribution < -0.4 is 19.6 Å². The Morgan fingerprint density at radius 1 is 0.974 bits per heavy atom. The average Bonchev–Trinajstić information content (AvgIpc) is 3.15. The Hall–Kier alpha value is -3.24. The SMILES string of the molecule is CCN(CC)[C@H]1CCc2cc(OC)c(OC)c(OC)c2-c2ccc(SC)c(=O)cc21.O=C(O)CCC(=O)O. The first-order valence-corrected chi connectivity index (χ1v) is 13.6. The van der Waals surface area contributed by atoms with Crippen molar-refractivity contribution in [2.24, 2.45) is 0 Å². The highest BCUT2D eigenvalue weighted by Crippen LogP contribution is 2.50. The number of methoxy groups -OCH3 is 3. The van der Waals surface area contributed by atoms with Crippen molar-refractivity contribution >= 4 is 23.7 Å². The normalized spacial score (nSPS) is 13.8.